The molecule has 0 aliphatic carbocycles. The largest absolute Gasteiger partial charge is 0.455 e. The first-order valence-corrected chi connectivity index (χ1v) is 21.5. The molecule has 0 atom stereocenters. The smallest absolute Gasteiger partial charge is 0.145 e. The van der Waals surface area contributed by atoms with Gasteiger partial charge in [-0.2, -0.15) is 0 Å². The SMILES string of the molecule is c1ccc(-c2ccc(N(c3ccc(-c4ccccc4)cc3-c3ccccc3)c3ccc4c(oc5ccccc54)c3-c3ccc(-n4c5ccccc5c5ccccc54)cc3)cc2)cc1. The average Bonchev–Trinajstić information content (AvgIpc) is 3.91. The molecular formula is C60H40N2O. The molecule has 0 fully saturated rings. The van der Waals surface area contributed by atoms with Gasteiger partial charge in [0.1, 0.15) is 11.2 Å². The van der Waals surface area contributed by atoms with Crippen molar-refractivity contribution < 1.29 is 4.42 Å². The number of rotatable bonds is 8. The van der Waals surface area contributed by atoms with Crippen LogP contribution in [0.25, 0.3) is 93.9 Å². The number of furan rings is 1. The van der Waals surface area contributed by atoms with Gasteiger partial charge in [-0.3, -0.25) is 0 Å². The van der Waals surface area contributed by atoms with E-state index < -0.39 is 0 Å². The minimum Gasteiger partial charge on any atom is -0.455 e. The Morgan fingerprint density at radius 2 is 0.825 bits per heavy atom. The summed E-state index contributed by atoms with van der Waals surface area (Å²) in [6, 6.07) is 87.1. The second kappa shape index (κ2) is 15.3. The third-order valence-corrected chi connectivity index (χ3v) is 12.4. The maximum atomic E-state index is 6.96. The first kappa shape index (κ1) is 36.5. The maximum absolute atomic E-state index is 6.96. The lowest BCUT2D eigenvalue weighted by atomic mass is 9.94. The van der Waals surface area contributed by atoms with Crippen molar-refractivity contribution in [2.45, 2.75) is 0 Å². The molecule has 0 N–H and O–H groups in total. The van der Waals surface area contributed by atoms with Crippen molar-refractivity contribution in [3.63, 3.8) is 0 Å². The van der Waals surface area contributed by atoms with Crippen LogP contribution < -0.4 is 4.90 Å². The number of para-hydroxylation sites is 3. The molecular weight excluding hydrogens is 765 g/mol. The quantitative estimate of drug-likeness (QED) is 0.153. The van der Waals surface area contributed by atoms with Crippen molar-refractivity contribution in [2.75, 3.05) is 4.90 Å². The number of aromatic nitrogens is 1. The minimum atomic E-state index is 0.853. The van der Waals surface area contributed by atoms with Crippen LogP contribution in [0.15, 0.2) is 247 Å². The molecule has 2 aromatic heterocycles. The Morgan fingerprint density at radius 1 is 0.333 bits per heavy atom. The van der Waals surface area contributed by atoms with Crippen molar-refractivity contribution >= 4 is 60.8 Å². The van der Waals surface area contributed by atoms with Crippen LogP contribution in [-0.2, 0) is 0 Å². The zero-order valence-corrected chi connectivity index (χ0v) is 34.4. The number of benzene rings is 10. The highest BCUT2D eigenvalue weighted by atomic mass is 16.3. The van der Waals surface area contributed by atoms with Gasteiger partial charge in [-0.1, -0.05) is 176 Å². The van der Waals surface area contributed by atoms with Crippen LogP contribution in [0.3, 0.4) is 0 Å². The highest BCUT2D eigenvalue weighted by Gasteiger charge is 2.25. The monoisotopic (exact) mass is 804 g/mol. The van der Waals surface area contributed by atoms with Crippen molar-refractivity contribution in [1.82, 2.24) is 4.57 Å². The fourth-order valence-corrected chi connectivity index (χ4v) is 9.45. The summed E-state index contributed by atoms with van der Waals surface area (Å²) in [7, 11) is 0. The Hall–Kier alpha value is -8.40. The van der Waals surface area contributed by atoms with Gasteiger partial charge in [0.05, 0.1) is 22.4 Å². The van der Waals surface area contributed by atoms with Gasteiger partial charge in [-0.15, -0.1) is 0 Å². The molecule has 3 heteroatoms. The lowest BCUT2D eigenvalue weighted by Gasteiger charge is -2.30. The molecule has 12 aromatic rings. The Balaban J connectivity index is 1.12. The van der Waals surface area contributed by atoms with Gasteiger partial charge in [0.25, 0.3) is 0 Å². The van der Waals surface area contributed by atoms with E-state index in [2.05, 4.69) is 246 Å². The van der Waals surface area contributed by atoms with Gasteiger partial charge in [0, 0.05) is 44.0 Å². The van der Waals surface area contributed by atoms with E-state index >= 15 is 0 Å². The zero-order valence-electron chi connectivity index (χ0n) is 34.4. The van der Waals surface area contributed by atoms with Gasteiger partial charge >= 0.3 is 0 Å². The van der Waals surface area contributed by atoms with E-state index in [1.54, 1.807) is 0 Å². The first-order valence-electron chi connectivity index (χ1n) is 21.5. The topological polar surface area (TPSA) is 21.3 Å². The van der Waals surface area contributed by atoms with E-state index in [1.165, 1.54) is 32.9 Å². The van der Waals surface area contributed by atoms with E-state index in [0.717, 1.165) is 78.1 Å². The van der Waals surface area contributed by atoms with E-state index in [9.17, 15) is 0 Å². The maximum Gasteiger partial charge on any atom is 0.145 e. The van der Waals surface area contributed by atoms with Crippen LogP contribution in [0.4, 0.5) is 17.1 Å². The second-order valence-electron chi connectivity index (χ2n) is 16.1. The molecule has 63 heavy (non-hydrogen) atoms. The minimum absolute atomic E-state index is 0.853. The summed E-state index contributed by atoms with van der Waals surface area (Å²) in [4.78, 5) is 2.43. The fourth-order valence-electron chi connectivity index (χ4n) is 9.45. The Morgan fingerprint density at radius 3 is 1.48 bits per heavy atom. The molecule has 2 heterocycles. The highest BCUT2D eigenvalue weighted by Crippen LogP contribution is 2.49. The van der Waals surface area contributed by atoms with E-state index in [4.69, 9.17) is 4.42 Å². The number of nitrogens with zero attached hydrogens (tertiary/aromatic N) is 2. The third-order valence-electron chi connectivity index (χ3n) is 12.4. The fraction of sp³-hybridized carbons (Fsp3) is 0. The summed E-state index contributed by atoms with van der Waals surface area (Å²) in [5.41, 5.74) is 17.3. The predicted octanol–water partition coefficient (Wildman–Crippen LogP) is 16.8. The average molecular weight is 805 g/mol. The van der Waals surface area contributed by atoms with Gasteiger partial charge in [0.15, 0.2) is 0 Å². The standard InChI is InChI=1S/C60H40N2O/c1-4-16-41(17-5-1)43-28-33-48(34-29-43)62(56-38-32-46(42-18-6-2-7-19-42)40-53(56)44-20-8-3-9-21-44)57-39-37-52-51-24-12-15-27-58(51)63-60(52)59(57)45-30-35-47(36-31-45)61-54-25-13-10-22-49(54)50-23-11-14-26-55(50)61/h1-40H. The lowest BCUT2D eigenvalue weighted by Crippen LogP contribution is -2.13. The second-order valence-corrected chi connectivity index (χ2v) is 16.1. The van der Waals surface area contributed by atoms with Crippen molar-refractivity contribution in [3.05, 3.63) is 243 Å². The van der Waals surface area contributed by atoms with E-state index in [0.29, 0.717) is 0 Å². The van der Waals surface area contributed by atoms with Crippen LogP contribution in [-0.4, -0.2) is 4.57 Å². The molecule has 0 radical (unpaired) electrons. The summed E-state index contributed by atoms with van der Waals surface area (Å²) < 4.78 is 9.33. The molecule has 0 saturated carbocycles. The normalized spacial score (nSPS) is 11.5. The van der Waals surface area contributed by atoms with Crippen LogP contribution in [0.1, 0.15) is 0 Å². The molecule has 0 amide bonds. The van der Waals surface area contributed by atoms with Crippen LogP contribution in [0, 0.1) is 0 Å². The van der Waals surface area contributed by atoms with Gasteiger partial charge in [-0.05, 0) is 100 Å². The molecule has 0 bridgehead atoms. The number of hydrogen-bond donors (Lipinski definition) is 0. The van der Waals surface area contributed by atoms with Gasteiger partial charge < -0.3 is 13.9 Å². The molecule has 10 aromatic carbocycles. The van der Waals surface area contributed by atoms with Crippen molar-refractivity contribution in [1.29, 1.82) is 0 Å². The highest BCUT2D eigenvalue weighted by molar-refractivity contribution is 6.14. The van der Waals surface area contributed by atoms with Gasteiger partial charge in [0.2, 0.25) is 0 Å². The Bertz CT molecular complexity index is 3530. The molecule has 0 spiro atoms. The molecule has 3 nitrogen and oxygen atoms in total. The zero-order chi connectivity index (χ0) is 41.7. The van der Waals surface area contributed by atoms with Gasteiger partial charge in [-0.25, -0.2) is 0 Å². The Kier molecular flexibility index (Phi) is 8.83. The lowest BCUT2D eigenvalue weighted by molar-refractivity contribution is 0.670. The summed E-state index contributed by atoms with van der Waals surface area (Å²) in [6.45, 7) is 0. The molecule has 0 aliphatic heterocycles. The van der Waals surface area contributed by atoms with E-state index in [-0.39, 0.29) is 0 Å². The summed E-state index contributed by atoms with van der Waals surface area (Å²) in [6.07, 6.45) is 0. The molecule has 0 unspecified atom stereocenters. The molecule has 12 rings (SSSR count). The van der Waals surface area contributed by atoms with Crippen LogP contribution in [0.5, 0.6) is 0 Å². The van der Waals surface area contributed by atoms with E-state index in [1.807, 2.05) is 6.07 Å². The van der Waals surface area contributed by atoms with Crippen molar-refractivity contribution in [2.24, 2.45) is 0 Å². The predicted molar refractivity (Wildman–Crippen MR) is 264 cm³/mol. The van der Waals surface area contributed by atoms with Crippen LogP contribution in [0.2, 0.25) is 0 Å². The Labute approximate surface area is 366 Å². The number of fused-ring (bicyclic) bond motifs is 6. The molecule has 0 saturated heterocycles. The summed E-state index contributed by atoms with van der Waals surface area (Å²) in [5.74, 6) is 0. The molecule has 296 valence electrons. The number of anilines is 3. The summed E-state index contributed by atoms with van der Waals surface area (Å²) >= 11 is 0. The summed E-state index contributed by atoms with van der Waals surface area (Å²) in [5, 5.41) is 4.66. The first-order chi connectivity index (χ1) is 31.3. The number of hydrogen-bond acceptors (Lipinski definition) is 2. The molecule has 0 aliphatic rings. The third kappa shape index (κ3) is 6.29. The van der Waals surface area contributed by atoms with Crippen LogP contribution >= 0.6 is 0 Å². The van der Waals surface area contributed by atoms with Crippen molar-refractivity contribution in [3.8, 4) is 50.2 Å².